The summed E-state index contributed by atoms with van der Waals surface area (Å²) in [6.07, 6.45) is 5.30. The molecular formula is C14H25N3S. The van der Waals surface area contributed by atoms with Gasteiger partial charge < -0.3 is 5.73 Å². The summed E-state index contributed by atoms with van der Waals surface area (Å²) in [6, 6.07) is 0.658. The van der Waals surface area contributed by atoms with Gasteiger partial charge in [0.2, 0.25) is 0 Å². The fraction of sp³-hybridized carbons (Fsp3) is 0.786. The van der Waals surface area contributed by atoms with Gasteiger partial charge in [-0.1, -0.05) is 12.8 Å². The van der Waals surface area contributed by atoms with Crippen LogP contribution in [0.1, 0.15) is 41.3 Å². The van der Waals surface area contributed by atoms with E-state index < -0.39 is 0 Å². The molecule has 1 aliphatic carbocycles. The molecule has 18 heavy (non-hydrogen) atoms. The Labute approximate surface area is 114 Å². The van der Waals surface area contributed by atoms with E-state index in [-0.39, 0.29) is 0 Å². The summed E-state index contributed by atoms with van der Waals surface area (Å²) in [7, 11) is 2.24. The Hall–Kier alpha value is -0.450. The second-order valence-electron chi connectivity index (χ2n) is 5.50. The van der Waals surface area contributed by atoms with Gasteiger partial charge in [-0.05, 0) is 46.2 Å². The summed E-state index contributed by atoms with van der Waals surface area (Å²) in [5.41, 5.74) is 7.12. The first kappa shape index (κ1) is 14.0. The molecule has 2 unspecified atom stereocenters. The lowest BCUT2D eigenvalue weighted by Gasteiger charge is -2.37. The molecule has 1 aromatic heterocycles. The van der Waals surface area contributed by atoms with Gasteiger partial charge in [0.25, 0.3) is 0 Å². The third-order valence-corrected chi connectivity index (χ3v) is 5.19. The number of hydrogen-bond acceptors (Lipinski definition) is 4. The van der Waals surface area contributed by atoms with Gasteiger partial charge in [-0.25, -0.2) is 4.98 Å². The molecule has 0 aromatic carbocycles. The highest BCUT2D eigenvalue weighted by Gasteiger charge is 2.27. The minimum absolute atomic E-state index is 0.658. The van der Waals surface area contributed by atoms with E-state index >= 15 is 0 Å². The van der Waals surface area contributed by atoms with Crippen LogP contribution in [-0.2, 0) is 6.54 Å². The third-order valence-electron chi connectivity index (χ3n) is 4.13. The maximum absolute atomic E-state index is 5.92. The van der Waals surface area contributed by atoms with Crippen LogP contribution in [0.15, 0.2) is 0 Å². The van der Waals surface area contributed by atoms with E-state index in [1.165, 1.54) is 41.3 Å². The molecule has 0 spiro atoms. The summed E-state index contributed by atoms with van der Waals surface area (Å²) >= 11 is 1.83. The molecule has 1 aromatic rings. The quantitative estimate of drug-likeness (QED) is 0.912. The molecule has 1 aliphatic rings. The van der Waals surface area contributed by atoms with Gasteiger partial charge in [-0.3, -0.25) is 4.90 Å². The molecular weight excluding hydrogens is 242 g/mol. The second-order valence-corrected chi connectivity index (χ2v) is 6.79. The van der Waals surface area contributed by atoms with E-state index in [4.69, 9.17) is 5.73 Å². The number of aromatic nitrogens is 1. The Bertz CT molecular complexity index is 388. The maximum Gasteiger partial charge on any atom is 0.0900 e. The van der Waals surface area contributed by atoms with Gasteiger partial charge >= 0.3 is 0 Å². The number of thiazole rings is 1. The van der Waals surface area contributed by atoms with Gasteiger partial charge in [0, 0.05) is 17.5 Å². The largest absolute Gasteiger partial charge is 0.330 e. The Kier molecular flexibility index (Phi) is 4.76. The van der Waals surface area contributed by atoms with E-state index in [9.17, 15) is 0 Å². The minimum Gasteiger partial charge on any atom is -0.330 e. The van der Waals surface area contributed by atoms with Crippen molar-refractivity contribution in [2.75, 3.05) is 13.6 Å². The molecule has 0 saturated heterocycles. The molecule has 0 radical (unpaired) electrons. The fourth-order valence-electron chi connectivity index (χ4n) is 3.11. The second kappa shape index (κ2) is 6.13. The normalized spacial score (nSPS) is 24.7. The lowest BCUT2D eigenvalue weighted by atomic mass is 9.83. The lowest BCUT2D eigenvalue weighted by molar-refractivity contribution is 0.128. The van der Waals surface area contributed by atoms with Gasteiger partial charge in [-0.15, -0.1) is 11.3 Å². The molecule has 0 aliphatic heterocycles. The number of nitrogens with two attached hydrogens (primary N) is 1. The summed E-state index contributed by atoms with van der Waals surface area (Å²) in [6.45, 7) is 6.06. The van der Waals surface area contributed by atoms with Crippen molar-refractivity contribution in [1.29, 1.82) is 0 Å². The third kappa shape index (κ3) is 3.11. The smallest absolute Gasteiger partial charge is 0.0900 e. The molecule has 2 N–H and O–H groups in total. The SMILES string of the molecule is Cc1nc(C)c(CN(C)C2CCCCC2CN)s1. The highest BCUT2D eigenvalue weighted by atomic mass is 32.1. The van der Waals surface area contributed by atoms with Crippen molar-refractivity contribution in [2.24, 2.45) is 11.7 Å². The van der Waals surface area contributed by atoms with Crippen molar-refractivity contribution < 1.29 is 0 Å². The molecule has 2 atom stereocenters. The first-order valence-electron chi connectivity index (χ1n) is 6.95. The maximum atomic E-state index is 5.92. The number of aryl methyl sites for hydroxylation is 2. The highest BCUT2D eigenvalue weighted by Crippen LogP contribution is 2.29. The van der Waals surface area contributed by atoms with Crippen molar-refractivity contribution >= 4 is 11.3 Å². The van der Waals surface area contributed by atoms with Crippen molar-refractivity contribution in [3.63, 3.8) is 0 Å². The molecule has 3 nitrogen and oxygen atoms in total. The van der Waals surface area contributed by atoms with E-state index in [1.807, 2.05) is 11.3 Å². The zero-order valence-electron chi connectivity index (χ0n) is 11.8. The van der Waals surface area contributed by atoms with E-state index in [1.54, 1.807) is 0 Å². The van der Waals surface area contributed by atoms with Gasteiger partial charge in [0.05, 0.1) is 10.7 Å². The Morgan fingerprint density at radius 3 is 2.67 bits per heavy atom. The summed E-state index contributed by atoms with van der Waals surface area (Å²) in [4.78, 5) is 8.43. The molecule has 2 rings (SSSR count). The average Bonchev–Trinajstić information content (AvgIpc) is 2.67. The van der Waals surface area contributed by atoms with Crippen LogP contribution in [0.25, 0.3) is 0 Å². The van der Waals surface area contributed by atoms with Crippen LogP contribution in [-0.4, -0.2) is 29.5 Å². The number of nitrogens with zero attached hydrogens (tertiary/aromatic N) is 2. The standard InChI is InChI=1S/C14H25N3S/c1-10-14(18-11(2)16-10)9-17(3)13-7-5-4-6-12(13)8-15/h12-13H,4-9,15H2,1-3H3. The molecule has 1 saturated carbocycles. The summed E-state index contributed by atoms with van der Waals surface area (Å²) < 4.78 is 0. The predicted molar refractivity (Wildman–Crippen MR) is 77.9 cm³/mol. The first-order valence-corrected chi connectivity index (χ1v) is 7.76. The highest BCUT2D eigenvalue weighted by molar-refractivity contribution is 7.11. The molecule has 1 heterocycles. The van der Waals surface area contributed by atoms with Crippen LogP contribution in [0.5, 0.6) is 0 Å². The van der Waals surface area contributed by atoms with Crippen LogP contribution < -0.4 is 5.73 Å². The van der Waals surface area contributed by atoms with Crippen molar-refractivity contribution in [3.05, 3.63) is 15.6 Å². The van der Waals surface area contributed by atoms with E-state index in [2.05, 4.69) is 30.8 Å². The monoisotopic (exact) mass is 267 g/mol. The van der Waals surface area contributed by atoms with Crippen LogP contribution in [0.2, 0.25) is 0 Å². The Balaban J connectivity index is 2.02. The zero-order valence-corrected chi connectivity index (χ0v) is 12.6. The molecule has 4 heteroatoms. The van der Waals surface area contributed by atoms with Gasteiger partial charge in [0.1, 0.15) is 0 Å². The average molecular weight is 267 g/mol. The summed E-state index contributed by atoms with van der Waals surface area (Å²) in [5.74, 6) is 0.679. The predicted octanol–water partition coefficient (Wildman–Crippen LogP) is 2.71. The zero-order chi connectivity index (χ0) is 13.1. The van der Waals surface area contributed by atoms with Crippen LogP contribution in [0.3, 0.4) is 0 Å². The first-order chi connectivity index (χ1) is 8.61. The minimum atomic E-state index is 0.658. The molecule has 0 amide bonds. The van der Waals surface area contributed by atoms with Crippen LogP contribution in [0, 0.1) is 19.8 Å². The lowest BCUT2D eigenvalue weighted by Crippen LogP contribution is -2.42. The van der Waals surface area contributed by atoms with Crippen molar-refractivity contribution in [1.82, 2.24) is 9.88 Å². The molecule has 1 fully saturated rings. The topological polar surface area (TPSA) is 42.2 Å². The fourth-order valence-corrected chi connectivity index (χ4v) is 4.11. The summed E-state index contributed by atoms with van der Waals surface area (Å²) in [5, 5.41) is 1.18. The van der Waals surface area contributed by atoms with Gasteiger partial charge in [0.15, 0.2) is 0 Å². The van der Waals surface area contributed by atoms with Crippen LogP contribution in [0.4, 0.5) is 0 Å². The Morgan fingerprint density at radius 2 is 2.06 bits per heavy atom. The molecule has 0 bridgehead atoms. The van der Waals surface area contributed by atoms with Gasteiger partial charge in [-0.2, -0.15) is 0 Å². The van der Waals surface area contributed by atoms with E-state index in [0.717, 1.165) is 13.1 Å². The Morgan fingerprint density at radius 1 is 1.33 bits per heavy atom. The van der Waals surface area contributed by atoms with Crippen LogP contribution >= 0.6 is 11.3 Å². The number of hydrogen-bond donors (Lipinski definition) is 1. The molecule has 102 valence electrons. The number of rotatable bonds is 4. The van der Waals surface area contributed by atoms with Crippen molar-refractivity contribution in [2.45, 2.75) is 52.1 Å². The van der Waals surface area contributed by atoms with Crippen molar-refractivity contribution in [3.8, 4) is 0 Å². The van der Waals surface area contributed by atoms with E-state index in [0.29, 0.717) is 12.0 Å².